The molecule has 1 fully saturated rings. The van der Waals surface area contributed by atoms with Gasteiger partial charge in [-0.05, 0) is 36.8 Å². The number of hydrogen-bond donors (Lipinski definition) is 1. The Labute approximate surface area is 179 Å². The largest absolute Gasteiger partial charge is 0.871 e. The van der Waals surface area contributed by atoms with E-state index in [9.17, 15) is 19.1 Å². The van der Waals surface area contributed by atoms with Crippen molar-refractivity contribution in [3.05, 3.63) is 77.0 Å². The summed E-state index contributed by atoms with van der Waals surface area (Å²) in [4.78, 5) is 32.8. The number of aryl methyl sites for hydroxylation is 1. The number of pyridine rings is 1. The van der Waals surface area contributed by atoms with E-state index in [0.29, 0.717) is 23.4 Å². The second-order valence-electron chi connectivity index (χ2n) is 7.96. The maximum Gasteiger partial charge on any atom is 0.295 e. The highest BCUT2D eigenvalue weighted by molar-refractivity contribution is 6.46. The molecular formula is C23H23FN4O3. The molecule has 1 aromatic carbocycles. The number of rotatable bonds is 5. The highest BCUT2D eigenvalue weighted by Crippen LogP contribution is 2.39. The molecule has 1 unspecified atom stereocenters. The van der Waals surface area contributed by atoms with Crippen molar-refractivity contribution in [3.8, 4) is 0 Å². The first kappa shape index (κ1) is 20.7. The molecule has 31 heavy (non-hydrogen) atoms. The maximum absolute atomic E-state index is 14.0. The van der Waals surface area contributed by atoms with E-state index in [1.807, 2.05) is 14.1 Å². The summed E-state index contributed by atoms with van der Waals surface area (Å²) in [7, 11) is 3.86. The Morgan fingerprint density at radius 1 is 1.19 bits per heavy atom. The van der Waals surface area contributed by atoms with Gasteiger partial charge in [0.05, 0.1) is 44.6 Å². The van der Waals surface area contributed by atoms with E-state index in [2.05, 4.69) is 4.98 Å². The van der Waals surface area contributed by atoms with Gasteiger partial charge in [0.15, 0.2) is 0 Å². The molecule has 1 aliphatic heterocycles. The van der Waals surface area contributed by atoms with Gasteiger partial charge < -0.3 is 19.3 Å². The third kappa shape index (κ3) is 3.59. The maximum atomic E-state index is 14.0. The molecule has 1 atom stereocenters. The lowest BCUT2D eigenvalue weighted by molar-refractivity contribution is -0.857. The standard InChI is InChI=1S/C23H23FN4O3/c1-14-19(27-10-5-4-9-17(27)25-14)21(29)18-20(15-7-6-8-16(24)13-15)28(12-11-26(2)3)23(31)22(18)30/h4-10,13,20,29H,11-12H2,1-3H3. The monoisotopic (exact) mass is 422 g/mol. The number of quaternary nitrogens is 1. The molecule has 3 aromatic rings. The fourth-order valence-electron chi connectivity index (χ4n) is 3.98. The quantitative estimate of drug-likeness (QED) is 0.361. The lowest BCUT2D eigenvalue weighted by Gasteiger charge is -2.27. The van der Waals surface area contributed by atoms with Crippen LogP contribution < -0.4 is 10.0 Å². The number of carbonyl (C=O) groups excluding carboxylic acids is 2. The minimum Gasteiger partial charge on any atom is -0.871 e. The number of hydrogen-bond acceptors (Lipinski definition) is 4. The summed E-state index contributed by atoms with van der Waals surface area (Å²) in [6.07, 6.45) is 1.69. The van der Waals surface area contributed by atoms with Gasteiger partial charge in [-0.1, -0.05) is 24.0 Å². The second kappa shape index (κ2) is 7.96. The van der Waals surface area contributed by atoms with Gasteiger partial charge in [-0.3, -0.25) is 9.59 Å². The Bertz CT molecular complexity index is 1210. The Morgan fingerprint density at radius 3 is 2.68 bits per heavy atom. The first-order valence-corrected chi connectivity index (χ1v) is 10.0. The van der Waals surface area contributed by atoms with Crippen molar-refractivity contribution in [1.82, 2.24) is 14.3 Å². The van der Waals surface area contributed by atoms with Gasteiger partial charge in [0.25, 0.3) is 5.91 Å². The fraction of sp³-hybridized carbons (Fsp3) is 0.261. The van der Waals surface area contributed by atoms with E-state index >= 15 is 0 Å². The van der Waals surface area contributed by atoms with Crippen molar-refractivity contribution in [3.63, 3.8) is 0 Å². The predicted molar refractivity (Wildman–Crippen MR) is 110 cm³/mol. The van der Waals surface area contributed by atoms with E-state index < -0.39 is 29.3 Å². The van der Waals surface area contributed by atoms with Crippen LogP contribution in [-0.4, -0.2) is 53.2 Å². The number of imidazole rings is 1. The molecule has 0 radical (unpaired) electrons. The molecule has 0 aliphatic carbocycles. The van der Waals surface area contributed by atoms with Crippen molar-refractivity contribution in [1.29, 1.82) is 0 Å². The van der Waals surface area contributed by atoms with Gasteiger partial charge in [0, 0.05) is 11.8 Å². The van der Waals surface area contributed by atoms with Gasteiger partial charge in [0.2, 0.25) is 5.78 Å². The molecule has 0 bridgehead atoms. The van der Waals surface area contributed by atoms with Crippen LogP contribution in [0.1, 0.15) is 23.0 Å². The lowest BCUT2D eigenvalue weighted by Crippen LogP contribution is -3.06. The highest BCUT2D eigenvalue weighted by atomic mass is 19.1. The highest BCUT2D eigenvalue weighted by Gasteiger charge is 2.44. The number of aromatic nitrogens is 2. The fourth-order valence-corrected chi connectivity index (χ4v) is 3.98. The van der Waals surface area contributed by atoms with Crippen LogP contribution in [0.3, 0.4) is 0 Å². The average molecular weight is 422 g/mol. The molecule has 1 saturated heterocycles. The average Bonchev–Trinajstić information content (AvgIpc) is 3.19. The van der Waals surface area contributed by atoms with Gasteiger partial charge >= 0.3 is 0 Å². The number of benzene rings is 1. The number of nitrogens with one attached hydrogen (secondary N) is 1. The van der Waals surface area contributed by atoms with E-state index in [-0.39, 0.29) is 17.8 Å². The van der Waals surface area contributed by atoms with Crippen molar-refractivity contribution in [2.24, 2.45) is 0 Å². The molecule has 0 saturated carbocycles. The van der Waals surface area contributed by atoms with Gasteiger partial charge in [0.1, 0.15) is 11.5 Å². The summed E-state index contributed by atoms with van der Waals surface area (Å²) in [6, 6.07) is 10.1. The topological polar surface area (TPSA) is 82.2 Å². The number of halogens is 1. The number of likely N-dealkylation sites (N-methyl/N-ethyl adjacent to an activating group) is 1. The smallest absolute Gasteiger partial charge is 0.295 e. The molecule has 3 heterocycles. The lowest BCUT2D eigenvalue weighted by atomic mass is 9.96. The third-order valence-corrected chi connectivity index (χ3v) is 5.47. The molecular weight excluding hydrogens is 399 g/mol. The molecule has 7 nitrogen and oxygen atoms in total. The minimum absolute atomic E-state index is 0.168. The summed E-state index contributed by atoms with van der Waals surface area (Å²) in [5, 5.41) is 13.7. The number of likely N-dealkylation sites (tertiary alicyclic amines) is 1. The van der Waals surface area contributed by atoms with Crippen LogP contribution >= 0.6 is 0 Å². The number of carbonyl (C=O) groups is 2. The Hall–Kier alpha value is -3.52. The number of fused-ring (bicyclic) bond motifs is 1. The van der Waals surface area contributed by atoms with E-state index in [1.165, 1.54) is 23.1 Å². The third-order valence-electron chi connectivity index (χ3n) is 5.47. The molecule has 2 aromatic heterocycles. The van der Waals surface area contributed by atoms with Crippen LogP contribution in [-0.2, 0) is 9.59 Å². The molecule has 8 heteroatoms. The SMILES string of the molecule is Cc1nc2ccccn2c1C([O-])=C1C(=O)C(=O)N(CC[NH+](C)C)C1c1cccc(F)c1. The van der Waals surface area contributed by atoms with Crippen molar-refractivity contribution in [2.75, 3.05) is 27.2 Å². The molecule has 1 aliphatic rings. The summed E-state index contributed by atoms with van der Waals surface area (Å²) >= 11 is 0. The van der Waals surface area contributed by atoms with Gasteiger partial charge in [-0.25, -0.2) is 9.37 Å². The van der Waals surface area contributed by atoms with Crippen molar-refractivity contribution >= 4 is 23.1 Å². The summed E-state index contributed by atoms with van der Waals surface area (Å²) in [5.74, 6) is -2.66. The number of nitrogens with zero attached hydrogens (tertiary/aromatic N) is 3. The van der Waals surface area contributed by atoms with E-state index in [0.717, 1.165) is 4.90 Å². The first-order valence-electron chi connectivity index (χ1n) is 10.0. The normalized spacial score (nSPS) is 18.5. The van der Waals surface area contributed by atoms with Crippen LogP contribution in [0.15, 0.2) is 54.2 Å². The van der Waals surface area contributed by atoms with Crippen LogP contribution in [0.25, 0.3) is 11.4 Å². The second-order valence-corrected chi connectivity index (χ2v) is 7.96. The minimum atomic E-state index is -0.948. The van der Waals surface area contributed by atoms with Crippen molar-refractivity contribution < 1.29 is 24.0 Å². The number of ketones is 1. The Morgan fingerprint density at radius 2 is 1.97 bits per heavy atom. The Balaban J connectivity index is 1.93. The molecule has 1 amide bonds. The predicted octanol–water partition coefficient (Wildman–Crippen LogP) is 0.150. The molecule has 0 spiro atoms. The van der Waals surface area contributed by atoms with Crippen molar-refractivity contribution in [2.45, 2.75) is 13.0 Å². The Kier molecular flexibility index (Phi) is 5.32. The summed E-state index contributed by atoms with van der Waals surface area (Å²) in [5.41, 5.74) is 1.48. The summed E-state index contributed by atoms with van der Waals surface area (Å²) < 4.78 is 15.6. The zero-order valence-electron chi connectivity index (χ0n) is 17.6. The zero-order valence-corrected chi connectivity index (χ0v) is 17.6. The van der Waals surface area contributed by atoms with Crippen LogP contribution in [0, 0.1) is 12.7 Å². The van der Waals surface area contributed by atoms with Crippen LogP contribution in [0.4, 0.5) is 4.39 Å². The van der Waals surface area contributed by atoms with Gasteiger partial charge in [-0.2, -0.15) is 0 Å². The first-order chi connectivity index (χ1) is 14.8. The number of amides is 1. The van der Waals surface area contributed by atoms with E-state index in [1.54, 1.807) is 41.8 Å². The van der Waals surface area contributed by atoms with Crippen LogP contribution in [0.2, 0.25) is 0 Å². The van der Waals surface area contributed by atoms with Gasteiger partial charge in [-0.15, -0.1) is 0 Å². The molecule has 1 N–H and O–H groups in total. The van der Waals surface area contributed by atoms with E-state index in [4.69, 9.17) is 0 Å². The number of Topliss-reactive ketones (excluding diaryl/α,β-unsaturated/α-hetero) is 1. The molecule has 4 rings (SSSR count). The molecule has 160 valence electrons. The summed E-state index contributed by atoms with van der Waals surface area (Å²) in [6.45, 7) is 2.52. The zero-order chi connectivity index (χ0) is 22.3. The van der Waals surface area contributed by atoms with Crippen LogP contribution in [0.5, 0.6) is 0 Å².